The van der Waals surface area contributed by atoms with Gasteiger partial charge >= 0.3 is 0 Å². The van der Waals surface area contributed by atoms with Gasteiger partial charge in [0.05, 0.1) is 6.10 Å². The molecule has 3 rings (SSSR count). The van der Waals surface area contributed by atoms with Crippen molar-refractivity contribution < 1.29 is 5.11 Å². The van der Waals surface area contributed by atoms with Gasteiger partial charge in [0.25, 0.3) is 0 Å². The van der Waals surface area contributed by atoms with Crippen molar-refractivity contribution in [3.05, 3.63) is 0 Å². The SMILES string of the molecule is O[C@@H]1C[C@@H]2C[C@H]3CNC[C@@H]3N2C1. The molecule has 0 aromatic heterocycles. The molecule has 3 heteroatoms. The molecular weight excluding hydrogens is 152 g/mol. The molecule has 0 aliphatic carbocycles. The van der Waals surface area contributed by atoms with E-state index in [1.54, 1.807) is 0 Å². The Bertz CT molecular complexity index is 197. The normalized spacial score (nSPS) is 52.8. The van der Waals surface area contributed by atoms with Crippen LogP contribution in [0.4, 0.5) is 0 Å². The summed E-state index contributed by atoms with van der Waals surface area (Å²) in [7, 11) is 0. The predicted octanol–water partition coefficient (Wildman–Crippen LogP) is -0.587. The fourth-order valence-corrected chi connectivity index (χ4v) is 3.25. The standard InChI is InChI=1S/C9H16N2O/c12-8-2-7-1-6-3-10-4-9(6)11(7)5-8/h6-10,12H,1-5H2/t6-,7-,8+,9-/m0/s1. The number of rotatable bonds is 0. The first-order valence-corrected chi connectivity index (χ1v) is 4.99. The molecule has 0 unspecified atom stereocenters. The van der Waals surface area contributed by atoms with Crippen molar-refractivity contribution in [1.29, 1.82) is 0 Å². The number of hydrogen-bond donors (Lipinski definition) is 2. The van der Waals surface area contributed by atoms with Crippen molar-refractivity contribution in [2.75, 3.05) is 19.6 Å². The van der Waals surface area contributed by atoms with Crippen LogP contribution in [0.2, 0.25) is 0 Å². The summed E-state index contributed by atoms with van der Waals surface area (Å²) < 4.78 is 0. The highest BCUT2D eigenvalue weighted by Crippen LogP contribution is 2.38. The van der Waals surface area contributed by atoms with Crippen molar-refractivity contribution >= 4 is 0 Å². The third-order valence-corrected chi connectivity index (χ3v) is 3.74. The van der Waals surface area contributed by atoms with Gasteiger partial charge in [-0.2, -0.15) is 0 Å². The smallest absolute Gasteiger partial charge is 0.0682 e. The molecule has 0 bridgehead atoms. The third kappa shape index (κ3) is 0.873. The summed E-state index contributed by atoms with van der Waals surface area (Å²) in [5.41, 5.74) is 0. The molecule has 0 saturated carbocycles. The van der Waals surface area contributed by atoms with E-state index < -0.39 is 0 Å². The summed E-state index contributed by atoms with van der Waals surface area (Å²) >= 11 is 0. The van der Waals surface area contributed by atoms with Gasteiger partial charge in [-0.25, -0.2) is 0 Å². The molecule has 0 radical (unpaired) electrons. The minimum absolute atomic E-state index is 0.0449. The molecule has 3 fully saturated rings. The molecule has 3 aliphatic heterocycles. The Morgan fingerprint density at radius 2 is 2.17 bits per heavy atom. The van der Waals surface area contributed by atoms with E-state index >= 15 is 0 Å². The maximum atomic E-state index is 9.49. The lowest BCUT2D eigenvalue weighted by atomic mass is 10.00. The van der Waals surface area contributed by atoms with Crippen LogP contribution in [0.3, 0.4) is 0 Å². The maximum Gasteiger partial charge on any atom is 0.0682 e. The van der Waals surface area contributed by atoms with Gasteiger partial charge < -0.3 is 10.4 Å². The van der Waals surface area contributed by atoms with Crippen LogP contribution >= 0.6 is 0 Å². The fourth-order valence-electron chi connectivity index (χ4n) is 3.25. The monoisotopic (exact) mass is 168 g/mol. The number of aliphatic hydroxyl groups is 1. The maximum absolute atomic E-state index is 9.49. The molecule has 3 saturated heterocycles. The van der Waals surface area contributed by atoms with Gasteiger partial charge in [-0.1, -0.05) is 0 Å². The molecule has 3 nitrogen and oxygen atoms in total. The van der Waals surface area contributed by atoms with Gasteiger partial charge in [-0.15, -0.1) is 0 Å². The van der Waals surface area contributed by atoms with Gasteiger partial charge in [0.1, 0.15) is 0 Å². The van der Waals surface area contributed by atoms with E-state index in [-0.39, 0.29) is 6.10 Å². The van der Waals surface area contributed by atoms with Crippen molar-refractivity contribution in [2.45, 2.75) is 31.0 Å². The lowest BCUT2D eigenvalue weighted by molar-refractivity contribution is 0.161. The van der Waals surface area contributed by atoms with E-state index in [0.29, 0.717) is 6.04 Å². The average molecular weight is 168 g/mol. The molecule has 0 aromatic carbocycles. The number of aliphatic hydroxyl groups excluding tert-OH is 1. The zero-order chi connectivity index (χ0) is 8.13. The molecule has 2 N–H and O–H groups in total. The van der Waals surface area contributed by atoms with Gasteiger partial charge in [0.2, 0.25) is 0 Å². The molecular formula is C9H16N2O. The molecule has 68 valence electrons. The second-order valence-electron chi connectivity index (χ2n) is 4.46. The van der Waals surface area contributed by atoms with Crippen LogP contribution in [0.25, 0.3) is 0 Å². The highest BCUT2D eigenvalue weighted by molar-refractivity contribution is 5.03. The second-order valence-corrected chi connectivity index (χ2v) is 4.46. The Morgan fingerprint density at radius 3 is 3.08 bits per heavy atom. The molecule has 0 aromatic rings. The van der Waals surface area contributed by atoms with Crippen LogP contribution in [-0.4, -0.2) is 47.8 Å². The minimum Gasteiger partial charge on any atom is -0.392 e. The summed E-state index contributed by atoms with van der Waals surface area (Å²) in [6, 6.07) is 1.45. The first kappa shape index (κ1) is 7.30. The van der Waals surface area contributed by atoms with Crippen molar-refractivity contribution in [1.82, 2.24) is 10.2 Å². The third-order valence-electron chi connectivity index (χ3n) is 3.74. The van der Waals surface area contributed by atoms with E-state index in [1.807, 2.05) is 0 Å². The molecule has 3 heterocycles. The van der Waals surface area contributed by atoms with E-state index in [4.69, 9.17) is 0 Å². The molecule has 12 heavy (non-hydrogen) atoms. The van der Waals surface area contributed by atoms with Gasteiger partial charge in [0, 0.05) is 25.2 Å². The average Bonchev–Trinajstić information content (AvgIpc) is 2.59. The summed E-state index contributed by atoms with van der Waals surface area (Å²) in [5.74, 6) is 0.877. The number of hydrogen-bond acceptors (Lipinski definition) is 3. The van der Waals surface area contributed by atoms with Crippen LogP contribution in [0.5, 0.6) is 0 Å². The summed E-state index contributed by atoms with van der Waals surface area (Å²) in [6.07, 6.45) is 2.29. The van der Waals surface area contributed by atoms with E-state index in [2.05, 4.69) is 10.2 Å². The van der Waals surface area contributed by atoms with Crippen LogP contribution in [-0.2, 0) is 0 Å². The van der Waals surface area contributed by atoms with Gasteiger partial charge in [-0.05, 0) is 25.3 Å². The lowest BCUT2D eigenvalue weighted by Gasteiger charge is -2.21. The van der Waals surface area contributed by atoms with Crippen LogP contribution in [0, 0.1) is 5.92 Å². The van der Waals surface area contributed by atoms with Crippen LogP contribution < -0.4 is 5.32 Å². The van der Waals surface area contributed by atoms with E-state index in [9.17, 15) is 5.11 Å². The predicted molar refractivity (Wildman–Crippen MR) is 45.9 cm³/mol. The molecule has 0 spiro atoms. The minimum atomic E-state index is -0.0449. The highest BCUT2D eigenvalue weighted by Gasteiger charge is 2.47. The Hall–Kier alpha value is -0.120. The Kier molecular flexibility index (Phi) is 1.48. The Morgan fingerprint density at radius 1 is 1.25 bits per heavy atom. The number of fused-ring (bicyclic) bond motifs is 3. The van der Waals surface area contributed by atoms with Crippen molar-refractivity contribution in [3.8, 4) is 0 Å². The van der Waals surface area contributed by atoms with Crippen molar-refractivity contribution in [3.63, 3.8) is 0 Å². The zero-order valence-electron chi connectivity index (χ0n) is 7.24. The molecule has 4 atom stereocenters. The van der Waals surface area contributed by atoms with Crippen LogP contribution in [0.15, 0.2) is 0 Å². The van der Waals surface area contributed by atoms with Crippen molar-refractivity contribution in [2.24, 2.45) is 5.92 Å². The lowest BCUT2D eigenvalue weighted by Crippen LogP contribution is -2.36. The quantitative estimate of drug-likeness (QED) is 0.507. The number of nitrogens with one attached hydrogen (secondary N) is 1. The summed E-state index contributed by atoms with van der Waals surface area (Å²) in [5, 5.41) is 12.9. The summed E-state index contributed by atoms with van der Waals surface area (Å²) in [6.45, 7) is 3.27. The number of nitrogens with zero attached hydrogens (tertiary/aromatic N) is 1. The second kappa shape index (κ2) is 2.44. The fraction of sp³-hybridized carbons (Fsp3) is 1.00. The topological polar surface area (TPSA) is 35.5 Å². The highest BCUT2D eigenvalue weighted by atomic mass is 16.3. The first-order chi connectivity index (χ1) is 5.84. The summed E-state index contributed by atoms with van der Waals surface area (Å²) in [4.78, 5) is 2.52. The van der Waals surface area contributed by atoms with Gasteiger partial charge in [-0.3, -0.25) is 4.90 Å². The van der Waals surface area contributed by atoms with E-state index in [1.165, 1.54) is 13.0 Å². The zero-order valence-corrected chi connectivity index (χ0v) is 7.24. The Balaban J connectivity index is 1.80. The van der Waals surface area contributed by atoms with E-state index in [0.717, 1.165) is 31.5 Å². The molecule has 0 amide bonds. The first-order valence-electron chi connectivity index (χ1n) is 4.99. The largest absolute Gasteiger partial charge is 0.392 e. The Labute approximate surface area is 72.7 Å². The van der Waals surface area contributed by atoms with Gasteiger partial charge in [0.15, 0.2) is 0 Å². The van der Waals surface area contributed by atoms with Crippen LogP contribution in [0.1, 0.15) is 12.8 Å². The molecule has 3 aliphatic rings.